The van der Waals surface area contributed by atoms with E-state index in [1.165, 1.54) is 19.0 Å². The Labute approximate surface area is 114 Å². The number of halogens is 1. The summed E-state index contributed by atoms with van der Waals surface area (Å²) in [6.07, 6.45) is 1.24. The van der Waals surface area contributed by atoms with Gasteiger partial charge in [0.2, 0.25) is 0 Å². The Kier molecular flexibility index (Phi) is 4.52. The summed E-state index contributed by atoms with van der Waals surface area (Å²) in [5, 5.41) is 8.83. The highest BCUT2D eigenvalue weighted by atomic mass is 19.1. The van der Waals surface area contributed by atoms with E-state index in [1.807, 2.05) is 6.07 Å². The summed E-state index contributed by atoms with van der Waals surface area (Å²) in [6.45, 7) is 4.13. The molecular formula is C15H20FN3. The molecule has 0 N–H and O–H groups in total. The van der Waals surface area contributed by atoms with Crippen LogP contribution >= 0.6 is 0 Å². The van der Waals surface area contributed by atoms with Crippen LogP contribution in [0.5, 0.6) is 0 Å². The van der Waals surface area contributed by atoms with Gasteiger partial charge < -0.3 is 9.80 Å². The molecule has 1 aliphatic heterocycles. The van der Waals surface area contributed by atoms with Crippen LogP contribution in [0, 0.1) is 23.1 Å². The summed E-state index contributed by atoms with van der Waals surface area (Å²) in [4.78, 5) is 4.60. The largest absolute Gasteiger partial charge is 0.306 e. The highest BCUT2D eigenvalue weighted by Crippen LogP contribution is 2.17. The van der Waals surface area contributed by atoms with Crippen LogP contribution in [0.15, 0.2) is 18.2 Å². The Morgan fingerprint density at radius 3 is 2.95 bits per heavy atom. The van der Waals surface area contributed by atoms with E-state index in [4.69, 9.17) is 5.26 Å². The van der Waals surface area contributed by atoms with Crippen molar-refractivity contribution in [2.24, 2.45) is 5.92 Å². The van der Waals surface area contributed by atoms with Crippen LogP contribution in [-0.4, -0.2) is 43.5 Å². The first-order valence-corrected chi connectivity index (χ1v) is 6.64. The molecule has 1 fully saturated rings. The second kappa shape index (κ2) is 6.14. The number of nitriles is 1. The molecular weight excluding hydrogens is 241 g/mol. The van der Waals surface area contributed by atoms with E-state index < -0.39 is 5.82 Å². The highest BCUT2D eigenvalue weighted by molar-refractivity contribution is 5.34. The minimum absolute atomic E-state index is 0.131. The van der Waals surface area contributed by atoms with Crippen molar-refractivity contribution in [3.63, 3.8) is 0 Å². The molecule has 0 aliphatic carbocycles. The van der Waals surface area contributed by atoms with E-state index >= 15 is 0 Å². The maximum absolute atomic E-state index is 13.2. The smallest absolute Gasteiger partial charge is 0.140 e. The Balaban J connectivity index is 1.92. The predicted octanol–water partition coefficient (Wildman–Crippen LogP) is 2.08. The van der Waals surface area contributed by atoms with Crippen LogP contribution in [-0.2, 0) is 6.54 Å². The van der Waals surface area contributed by atoms with Crippen LogP contribution in [0.1, 0.15) is 17.5 Å². The molecule has 1 heterocycles. The number of benzene rings is 1. The molecule has 0 saturated carbocycles. The lowest BCUT2D eigenvalue weighted by molar-refractivity contribution is 0.267. The highest BCUT2D eigenvalue weighted by Gasteiger charge is 2.20. The van der Waals surface area contributed by atoms with Crippen molar-refractivity contribution in [2.45, 2.75) is 13.0 Å². The molecule has 1 saturated heterocycles. The zero-order chi connectivity index (χ0) is 13.8. The molecule has 3 nitrogen and oxygen atoms in total. The first kappa shape index (κ1) is 14.0. The normalized spacial score (nSPS) is 19.8. The first-order valence-electron chi connectivity index (χ1n) is 6.64. The van der Waals surface area contributed by atoms with E-state index in [-0.39, 0.29) is 5.56 Å². The number of rotatable bonds is 4. The van der Waals surface area contributed by atoms with Crippen molar-refractivity contribution in [1.29, 1.82) is 5.26 Å². The van der Waals surface area contributed by atoms with E-state index in [0.29, 0.717) is 5.92 Å². The zero-order valence-electron chi connectivity index (χ0n) is 11.6. The van der Waals surface area contributed by atoms with Gasteiger partial charge in [0.25, 0.3) is 0 Å². The minimum atomic E-state index is -0.439. The van der Waals surface area contributed by atoms with Crippen LogP contribution in [0.25, 0.3) is 0 Å². The third-order valence-corrected chi connectivity index (χ3v) is 3.66. The molecule has 1 aromatic carbocycles. The maximum atomic E-state index is 13.2. The van der Waals surface area contributed by atoms with Crippen molar-refractivity contribution in [3.8, 4) is 6.07 Å². The van der Waals surface area contributed by atoms with Crippen molar-refractivity contribution in [2.75, 3.05) is 33.7 Å². The molecule has 1 atom stereocenters. The third kappa shape index (κ3) is 3.76. The molecule has 0 aromatic heterocycles. The Hall–Kier alpha value is -1.44. The number of hydrogen-bond donors (Lipinski definition) is 0. The summed E-state index contributed by atoms with van der Waals surface area (Å²) in [7, 11) is 4.23. The van der Waals surface area contributed by atoms with Gasteiger partial charge in [0, 0.05) is 19.6 Å². The van der Waals surface area contributed by atoms with Gasteiger partial charge in [0.15, 0.2) is 0 Å². The van der Waals surface area contributed by atoms with Gasteiger partial charge in [0.05, 0.1) is 5.56 Å². The van der Waals surface area contributed by atoms with Gasteiger partial charge in [-0.25, -0.2) is 4.39 Å². The van der Waals surface area contributed by atoms with Crippen LogP contribution in [0.3, 0.4) is 0 Å². The average molecular weight is 261 g/mol. The molecule has 0 bridgehead atoms. The van der Waals surface area contributed by atoms with Crippen LogP contribution < -0.4 is 0 Å². The summed E-state index contributed by atoms with van der Waals surface area (Å²) in [5.74, 6) is 0.275. The lowest BCUT2D eigenvalue weighted by Crippen LogP contribution is -2.27. The lowest BCUT2D eigenvalue weighted by atomic mass is 10.1. The number of likely N-dealkylation sites (tertiary alicyclic amines) is 1. The average Bonchev–Trinajstić information content (AvgIpc) is 2.77. The van der Waals surface area contributed by atoms with Gasteiger partial charge in [-0.15, -0.1) is 0 Å². The van der Waals surface area contributed by atoms with Gasteiger partial charge in [0.1, 0.15) is 11.9 Å². The van der Waals surface area contributed by atoms with Crippen molar-refractivity contribution in [1.82, 2.24) is 9.80 Å². The first-order chi connectivity index (χ1) is 9.08. The quantitative estimate of drug-likeness (QED) is 0.831. The van der Waals surface area contributed by atoms with E-state index in [1.54, 1.807) is 12.1 Å². The number of nitrogens with zero attached hydrogens (tertiary/aromatic N) is 3. The monoisotopic (exact) mass is 261 g/mol. The molecule has 2 rings (SSSR count). The molecule has 19 heavy (non-hydrogen) atoms. The minimum Gasteiger partial charge on any atom is -0.306 e. The van der Waals surface area contributed by atoms with Crippen molar-refractivity contribution < 1.29 is 4.39 Å². The fourth-order valence-corrected chi connectivity index (χ4v) is 2.75. The van der Waals surface area contributed by atoms with E-state index in [9.17, 15) is 4.39 Å². The van der Waals surface area contributed by atoms with E-state index in [0.717, 1.165) is 25.2 Å². The van der Waals surface area contributed by atoms with Crippen molar-refractivity contribution in [3.05, 3.63) is 35.1 Å². The predicted molar refractivity (Wildman–Crippen MR) is 73.1 cm³/mol. The zero-order valence-corrected chi connectivity index (χ0v) is 11.6. The third-order valence-electron chi connectivity index (χ3n) is 3.66. The number of hydrogen-bond acceptors (Lipinski definition) is 3. The van der Waals surface area contributed by atoms with Gasteiger partial charge in [-0.1, -0.05) is 6.07 Å². The molecule has 1 aromatic rings. The lowest BCUT2D eigenvalue weighted by Gasteiger charge is -2.21. The summed E-state index contributed by atoms with van der Waals surface area (Å²) >= 11 is 0. The molecule has 0 radical (unpaired) electrons. The Bertz CT molecular complexity index is 481. The summed E-state index contributed by atoms with van der Waals surface area (Å²) in [5.41, 5.74) is 1.12. The molecule has 1 unspecified atom stereocenters. The summed E-state index contributed by atoms with van der Waals surface area (Å²) in [6, 6.07) is 6.67. The van der Waals surface area contributed by atoms with Gasteiger partial charge >= 0.3 is 0 Å². The van der Waals surface area contributed by atoms with Gasteiger partial charge in [-0.3, -0.25) is 0 Å². The van der Waals surface area contributed by atoms with E-state index in [2.05, 4.69) is 23.9 Å². The van der Waals surface area contributed by atoms with Gasteiger partial charge in [-0.05, 0) is 50.7 Å². The fraction of sp³-hybridized carbons (Fsp3) is 0.533. The molecule has 0 spiro atoms. The van der Waals surface area contributed by atoms with Crippen LogP contribution in [0.4, 0.5) is 4.39 Å². The Morgan fingerprint density at radius 2 is 2.32 bits per heavy atom. The standard InChI is InChI=1S/C15H20FN3/c1-18-6-5-13(10-18)11-19(2)9-12-3-4-15(16)14(7-12)8-17/h3-4,7,13H,5-6,9-11H2,1-2H3. The second-order valence-electron chi connectivity index (χ2n) is 5.54. The fourth-order valence-electron chi connectivity index (χ4n) is 2.75. The SMILES string of the molecule is CN1CCC(CN(C)Cc2ccc(F)c(C#N)c2)C1. The molecule has 102 valence electrons. The Morgan fingerprint density at radius 1 is 1.53 bits per heavy atom. The topological polar surface area (TPSA) is 30.3 Å². The van der Waals surface area contributed by atoms with Crippen molar-refractivity contribution >= 4 is 0 Å². The second-order valence-corrected chi connectivity index (χ2v) is 5.54. The molecule has 1 aliphatic rings. The molecule has 4 heteroatoms. The van der Waals surface area contributed by atoms with Crippen LogP contribution in [0.2, 0.25) is 0 Å². The summed E-state index contributed by atoms with van der Waals surface area (Å²) < 4.78 is 13.2. The maximum Gasteiger partial charge on any atom is 0.140 e. The van der Waals surface area contributed by atoms with Gasteiger partial charge in [-0.2, -0.15) is 5.26 Å². The molecule has 0 amide bonds.